The highest BCUT2D eigenvalue weighted by atomic mass is 35.5. The number of benzene rings is 4. The van der Waals surface area contributed by atoms with Gasteiger partial charge >= 0.3 is 0 Å². The van der Waals surface area contributed by atoms with E-state index in [-0.39, 0.29) is 0 Å². The zero-order valence-electron chi connectivity index (χ0n) is 18.3. The second-order valence-electron chi connectivity index (χ2n) is 7.61. The van der Waals surface area contributed by atoms with Gasteiger partial charge in [-0.15, -0.1) is 0 Å². The minimum Gasteiger partial charge on any atom is -0.496 e. The number of fused-ring (bicyclic) bond motifs is 2. The van der Waals surface area contributed by atoms with E-state index in [1.54, 1.807) is 14.2 Å². The van der Waals surface area contributed by atoms with Crippen molar-refractivity contribution in [3.05, 3.63) is 95.0 Å². The van der Waals surface area contributed by atoms with E-state index in [0.29, 0.717) is 17.5 Å². The molecule has 5 rings (SSSR count). The summed E-state index contributed by atoms with van der Waals surface area (Å²) in [4.78, 5) is 9.59. The zero-order chi connectivity index (χ0) is 22.8. The lowest BCUT2D eigenvalue weighted by atomic mass is 10.0. The molecule has 0 amide bonds. The van der Waals surface area contributed by atoms with Crippen LogP contribution in [-0.2, 0) is 6.54 Å². The number of aliphatic imine (C=N–C) groups is 1. The van der Waals surface area contributed by atoms with Gasteiger partial charge in [-0.2, -0.15) is 0 Å². The Balaban J connectivity index is 1.62. The molecule has 5 aromatic rings. The normalized spacial score (nSPS) is 11.5. The average molecular weight is 456 g/mol. The molecule has 0 aliphatic heterocycles. The van der Waals surface area contributed by atoms with Gasteiger partial charge in [-0.1, -0.05) is 48.0 Å². The van der Waals surface area contributed by atoms with Crippen LogP contribution < -0.4 is 9.47 Å². The number of hydrogen-bond acceptors (Lipinski definition) is 4. The number of nitrogens with zero attached hydrogens (tertiary/aromatic N) is 3. The van der Waals surface area contributed by atoms with Gasteiger partial charge in [0.1, 0.15) is 11.5 Å². The molecule has 0 aliphatic carbocycles. The lowest BCUT2D eigenvalue weighted by Gasteiger charge is -2.11. The Bertz CT molecular complexity index is 1470. The Kier molecular flexibility index (Phi) is 5.71. The fourth-order valence-corrected chi connectivity index (χ4v) is 4.17. The summed E-state index contributed by atoms with van der Waals surface area (Å²) in [5, 5.41) is 2.63. The molecule has 0 saturated heterocycles. The second kappa shape index (κ2) is 8.96. The Hall–Kier alpha value is -3.83. The summed E-state index contributed by atoms with van der Waals surface area (Å²) < 4.78 is 13.3. The first-order valence-electron chi connectivity index (χ1n) is 10.6. The first kappa shape index (κ1) is 21.0. The Labute approximate surface area is 196 Å². The van der Waals surface area contributed by atoms with E-state index in [9.17, 15) is 0 Å². The van der Waals surface area contributed by atoms with Gasteiger partial charge in [0, 0.05) is 27.6 Å². The quantitative estimate of drug-likeness (QED) is 0.269. The molecule has 164 valence electrons. The standard InChI is InChI=1S/C27H22ClN3O2/c1-32-24-15-12-19(26-21(24)6-5-9-25(26)33-2)16-29-27-30-22-7-3-4-8-23(22)31(27)17-18-10-13-20(28)14-11-18/h3-16H,17H2,1-2H3. The summed E-state index contributed by atoms with van der Waals surface area (Å²) in [7, 11) is 3.34. The molecule has 0 bridgehead atoms. The van der Waals surface area contributed by atoms with E-state index in [0.717, 1.165) is 44.4 Å². The highest BCUT2D eigenvalue weighted by Crippen LogP contribution is 2.34. The van der Waals surface area contributed by atoms with Gasteiger partial charge in [-0.25, -0.2) is 9.98 Å². The van der Waals surface area contributed by atoms with Crippen LogP contribution in [0.5, 0.6) is 11.5 Å². The monoisotopic (exact) mass is 455 g/mol. The molecule has 0 fully saturated rings. The number of methoxy groups -OCH3 is 2. The maximum atomic E-state index is 6.07. The van der Waals surface area contributed by atoms with Gasteiger partial charge in [0.15, 0.2) is 0 Å². The van der Waals surface area contributed by atoms with Crippen LogP contribution in [0.2, 0.25) is 5.02 Å². The first-order chi connectivity index (χ1) is 16.2. The molecule has 4 aromatic carbocycles. The van der Waals surface area contributed by atoms with Crippen molar-refractivity contribution in [2.75, 3.05) is 14.2 Å². The molecule has 33 heavy (non-hydrogen) atoms. The molecular formula is C27H22ClN3O2. The molecule has 1 aromatic heterocycles. The molecule has 0 atom stereocenters. The van der Waals surface area contributed by atoms with Crippen molar-refractivity contribution >= 4 is 45.6 Å². The van der Waals surface area contributed by atoms with Crippen LogP contribution in [0.4, 0.5) is 5.95 Å². The number of hydrogen-bond donors (Lipinski definition) is 0. The van der Waals surface area contributed by atoms with E-state index in [1.165, 1.54) is 0 Å². The molecule has 0 spiro atoms. The van der Waals surface area contributed by atoms with Crippen molar-refractivity contribution in [3.8, 4) is 11.5 Å². The van der Waals surface area contributed by atoms with Crippen LogP contribution in [0.3, 0.4) is 0 Å². The van der Waals surface area contributed by atoms with Gasteiger partial charge in [0.2, 0.25) is 5.95 Å². The van der Waals surface area contributed by atoms with Crippen molar-refractivity contribution < 1.29 is 9.47 Å². The second-order valence-corrected chi connectivity index (χ2v) is 8.05. The van der Waals surface area contributed by atoms with Crippen LogP contribution in [0.25, 0.3) is 21.8 Å². The van der Waals surface area contributed by atoms with Gasteiger partial charge < -0.3 is 14.0 Å². The molecule has 0 unspecified atom stereocenters. The SMILES string of the molecule is COc1ccc(C=Nc2nc3ccccc3n2Cc2ccc(Cl)cc2)c2c(OC)cccc12. The van der Waals surface area contributed by atoms with Crippen molar-refractivity contribution in [1.29, 1.82) is 0 Å². The third-order valence-corrected chi connectivity index (χ3v) is 5.89. The number of halogens is 1. The van der Waals surface area contributed by atoms with Crippen molar-refractivity contribution in [2.45, 2.75) is 6.54 Å². The highest BCUT2D eigenvalue weighted by Gasteiger charge is 2.13. The van der Waals surface area contributed by atoms with Gasteiger partial charge in [-0.05, 0) is 48.0 Å². The van der Waals surface area contributed by atoms with E-state index in [2.05, 4.69) is 10.6 Å². The third kappa shape index (κ3) is 4.03. The molecule has 6 heteroatoms. The summed E-state index contributed by atoms with van der Waals surface area (Å²) in [6, 6.07) is 25.7. The van der Waals surface area contributed by atoms with Crippen molar-refractivity contribution in [3.63, 3.8) is 0 Å². The molecule has 0 aliphatic rings. The molecular weight excluding hydrogens is 434 g/mol. The van der Waals surface area contributed by atoms with Crippen LogP contribution in [0.15, 0.2) is 83.9 Å². The van der Waals surface area contributed by atoms with E-state index in [4.69, 9.17) is 31.1 Å². The largest absolute Gasteiger partial charge is 0.496 e. The maximum absolute atomic E-state index is 6.07. The average Bonchev–Trinajstić information content (AvgIpc) is 3.20. The van der Waals surface area contributed by atoms with Gasteiger partial charge in [0.05, 0.1) is 31.8 Å². The lowest BCUT2D eigenvalue weighted by Crippen LogP contribution is -1.99. The van der Waals surface area contributed by atoms with E-state index in [1.807, 2.05) is 79.0 Å². The minimum atomic E-state index is 0.630. The van der Waals surface area contributed by atoms with Gasteiger partial charge in [-0.3, -0.25) is 0 Å². The first-order valence-corrected chi connectivity index (χ1v) is 10.9. The number of ether oxygens (including phenoxy) is 2. The molecule has 5 nitrogen and oxygen atoms in total. The lowest BCUT2D eigenvalue weighted by molar-refractivity contribution is 0.415. The zero-order valence-corrected chi connectivity index (χ0v) is 19.1. The number of aromatic nitrogens is 2. The van der Waals surface area contributed by atoms with E-state index < -0.39 is 0 Å². The van der Waals surface area contributed by atoms with Crippen LogP contribution >= 0.6 is 11.6 Å². The number of rotatable bonds is 6. The minimum absolute atomic E-state index is 0.630. The number of imidazole rings is 1. The van der Waals surface area contributed by atoms with Gasteiger partial charge in [0.25, 0.3) is 0 Å². The van der Waals surface area contributed by atoms with Crippen LogP contribution in [0.1, 0.15) is 11.1 Å². The topological polar surface area (TPSA) is 48.6 Å². The molecule has 0 radical (unpaired) electrons. The molecule has 1 heterocycles. The smallest absolute Gasteiger partial charge is 0.230 e. The maximum Gasteiger partial charge on any atom is 0.230 e. The number of para-hydroxylation sites is 2. The highest BCUT2D eigenvalue weighted by molar-refractivity contribution is 6.30. The predicted molar refractivity (Wildman–Crippen MR) is 135 cm³/mol. The predicted octanol–water partition coefficient (Wildman–Crippen LogP) is 6.66. The van der Waals surface area contributed by atoms with Crippen LogP contribution in [-0.4, -0.2) is 30.0 Å². The van der Waals surface area contributed by atoms with E-state index >= 15 is 0 Å². The Morgan fingerprint density at radius 1 is 0.879 bits per heavy atom. The fourth-order valence-electron chi connectivity index (χ4n) is 4.05. The summed E-state index contributed by atoms with van der Waals surface area (Å²) in [6.07, 6.45) is 1.84. The Morgan fingerprint density at radius 2 is 1.67 bits per heavy atom. The molecule has 0 N–H and O–H groups in total. The third-order valence-electron chi connectivity index (χ3n) is 5.64. The van der Waals surface area contributed by atoms with Crippen molar-refractivity contribution in [1.82, 2.24) is 9.55 Å². The molecule has 0 saturated carbocycles. The fraction of sp³-hybridized carbons (Fsp3) is 0.111. The summed E-state index contributed by atoms with van der Waals surface area (Å²) in [5.74, 6) is 2.18. The van der Waals surface area contributed by atoms with Crippen molar-refractivity contribution in [2.24, 2.45) is 4.99 Å². The Morgan fingerprint density at radius 3 is 2.45 bits per heavy atom. The summed E-state index contributed by atoms with van der Waals surface area (Å²) in [6.45, 7) is 0.636. The summed E-state index contributed by atoms with van der Waals surface area (Å²) in [5.41, 5.74) is 3.97. The summed E-state index contributed by atoms with van der Waals surface area (Å²) >= 11 is 6.07. The van der Waals surface area contributed by atoms with Crippen LogP contribution in [0, 0.1) is 0 Å².